The second-order valence-corrected chi connectivity index (χ2v) is 6.11. The highest BCUT2D eigenvalue weighted by molar-refractivity contribution is 6.01. The molecule has 5 nitrogen and oxygen atoms in total. The molecule has 0 fully saturated rings. The predicted molar refractivity (Wildman–Crippen MR) is 109 cm³/mol. The van der Waals surface area contributed by atoms with E-state index in [1.54, 1.807) is 0 Å². The molecule has 0 aliphatic rings. The summed E-state index contributed by atoms with van der Waals surface area (Å²) in [6, 6.07) is 24.9. The zero-order valence-electron chi connectivity index (χ0n) is 15.7. The second-order valence-electron chi connectivity index (χ2n) is 6.11. The molecule has 28 heavy (non-hydrogen) atoms. The Morgan fingerprint density at radius 3 is 2.00 bits per heavy atom. The fourth-order valence-corrected chi connectivity index (χ4v) is 2.59. The number of aliphatic hydroxyl groups is 1. The van der Waals surface area contributed by atoms with Crippen LogP contribution in [0.5, 0.6) is 11.5 Å². The van der Waals surface area contributed by atoms with E-state index < -0.39 is 0 Å². The van der Waals surface area contributed by atoms with Crippen molar-refractivity contribution in [3.8, 4) is 11.5 Å². The van der Waals surface area contributed by atoms with Gasteiger partial charge in [0.25, 0.3) is 0 Å². The van der Waals surface area contributed by atoms with Crippen molar-refractivity contribution in [1.29, 1.82) is 0 Å². The zero-order valence-corrected chi connectivity index (χ0v) is 15.7. The molecule has 0 amide bonds. The van der Waals surface area contributed by atoms with Crippen molar-refractivity contribution in [3.63, 3.8) is 0 Å². The van der Waals surface area contributed by atoms with Gasteiger partial charge < -0.3 is 19.4 Å². The summed E-state index contributed by atoms with van der Waals surface area (Å²) in [5.74, 6) is 1.51. The minimum Gasteiger partial charge on any atom is -0.489 e. The lowest BCUT2D eigenvalue weighted by molar-refractivity contribution is 0.210. The third kappa shape index (κ3) is 5.59. The van der Waals surface area contributed by atoms with E-state index in [1.807, 2.05) is 78.9 Å². The fourth-order valence-electron chi connectivity index (χ4n) is 2.59. The van der Waals surface area contributed by atoms with Crippen molar-refractivity contribution in [2.75, 3.05) is 13.7 Å². The van der Waals surface area contributed by atoms with E-state index in [-0.39, 0.29) is 6.61 Å². The van der Waals surface area contributed by atoms with E-state index in [9.17, 15) is 0 Å². The van der Waals surface area contributed by atoms with Gasteiger partial charge in [-0.15, -0.1) is 0 Å². The van der Waals surface area contributed by atoms with Gasteiger partial charge in [-0.25, -0.2) is 0 Å². The minimum atomic E-state index is 0.0306. The zero-order chi connectivity index (χ0) is 19.6. The highest BCUT2D eigenvalue weighted by atomic mass is 16.6. The number of benzene rings is 3. The van der Waals surface area contributed by atoms with Crippen molar-refractivity contribution in [1.82, 2.24) is 0 Å². The van der Waals surface area contributed by atoms with Crippen LogP contribution in [0.4, 0.5) is 0 Å². The maximum atomic E-state index is 9.07. The predicted octanol–water partition coefficient (Wildman–Crippen LogP) is 4.19. The number of hydrogen-bond acceptors (Lipinski definition) is 5. The maximum absolute atomic E-state index is 9.07. The monoisotopic (exact) mass is 377 g/mol. The molecule has 0 heterocycles. The van der Waals surface area contributed by atoms with Crippen LogP contribution in [0.1, 0.15) is 16.7 Å². The molecule has 0 saturated heterocycles. The highest BCUT2D eigenvalue weighted by Crippen LogP contribution is 2.17. The summed E-state index contributed by atoms with van der Waals surface area (Å²) < 4.78 is 11.6. The molecular formula is C23H23NO4. The lowest BCUT2D eigenvalue weighted by Crippen LogP contribution is -2.13. The van der Waals surface area contributed by atoms with Crippen LogP contribution in [0.2, 0.25) is 0 Å². The Morgan fingerprint density at radius 1 is 0.786 bits per heavy atom. The van der Waals surface area contributed by atoms with E-state index in [4.69, 9.17) is 19.4 Å². The fraction of sp³-hybridized carbons (Fsp3) is 0.174. The van der Waals surface area contributed by atoms with Gasteiger partial charge in [0.05, 0.1) is 6.61 Å². The Labute approximate surface area is 164 Å². The summed E-state index contributed by atoms with van der Waals surface area (Å²) in [4.78, 5) is 4.93. The summed E-state index contributed by atoms with van der Waals surface area (Å²) in [7, 11) is 1.52. The summed E-state index contributed by atoms with van der Waals surface area (Å²) in [5.41, 5.74) is 3.58. The molecule has 0 unspecified atom stereocenters. The first-order chi connectivity index (χ1) is 13.8. The molecule has 144 valence electrons. The molecule has 0 aliphatic carbocycles. The Balaban J connectivity index is 1.54. The van der Waals surface area contributed by atoms with Gasteiger partial charge in [-0.3, -0.25) is 0 Å². The van der Waals surface area contributed by atoms with E-state index >= 15 is 0 Å². The van der Waals surface area contributed by atoms with E-state index in [1.165, 1.54) is 7.11 Å². The molecule has 0 bridgehead atoms. The van der Waals surface area contributed by atoms with Gasteiger partial charge in [0.1, 0.15) is 37.5 Å². The lowest BCUT2D eigenvalue weighted by atomic mass is 10.1. The largest absolute Gasteiger partial charge is 0.489 e. The van der Waals surface area contributed by atoms with Crippen LogP contribution in [0.25, 0.3) is 0 Å². The van der Waals surface area contributed by atoms with Crippen LogP contribution in [-0.4, -0.2) is 24.5 Å². The summed E-state index contributed by atoms with van der Waals surface area (Å²) in [6.45, 7) is 0.798. The van der Waals surface area contributed by atoms with Gasteiger partial charge in [-0.2, -0.15) is 0 Å². The van der Waals surface area contributed by atoms with Gasteiger partial charge in [0.15, 0.2) is 0 Å². The van der Waals surface area contributed by atoms with Gasteiger partial charge >= 0.3 is 0 Å². The molecule has 0 radical (unpaired) electrons. The van der Waals surface area contributed by atoms with Crippen LogP contribution in [-0.2, 0) is 18.1 Å². The quantitative estimate of drug-likeness (QED) is 0.449. The molecule has 3 aromatic rings. The molecule has 0 spiro atoms. The average molecular weight is 377 g/mol. The number of oxime groups is 1. The van der Waals surface area contributed by atoms with Crippen molar-refractivity contribution in [2.45, 2.75) is 13.2 Å². The smallest absolute Gasteiger partial charge is 0.134 e. The molecule has 3 aromatic carbocycles. The van der Waals surface area contributed by atoms with Gasteiger partial charge in [-0.05, 0) is 35.4 Å². The summed E-state index contributed by atoms with van der Waals surface area (Å²) in [6.07, 6.45) is 0. The van der Waals surface area contributed by atoms with Crippen molar-refractivity contribution < 1.29 is 19.4 Å². The van der Waals surface area contributed by atoms with Crippen LogP contribution < -0.4 is 9.47 Å². The highest BCUT2D eigenvalue weighted by Gasteiger charge is 2.06. The third-order valence-electron chi connectivity index (χ3n) is 4.12. The number of nitrogens with zero attached hydrogens (tertiary/aromatic N) is 1. The Hall–Kier alpha value is -3.31. The summed E-state index contributed by atoms with van der Waals surface area (Å²) >= 11 is 0. The minimum absolute atomic E-state index is 0.0306. The summed E-state index contributed by atoms with van der Waals surface area (Å²) in [5, 5.41) is 13.1. The third-order valence-corrected chi connectivity index (χ3v) is 4.12. The molecule has 0 aromatic heterocycles. The van der Waals surface area contributed by atoms with Gasteiger partial charge in [0, 0.05) is 5.56 Å². The normalized spacial score (nSPS) is 11.1. The van der Waals surface area contributed by atoms with Crippen LogP contribution in [0.3, 0.4) is 0 Å². The SMILES string of the molecule is CON=C(COc1ccc(COc2ccc(CO)cc2)cc1)c1ccccc1. The van der Waals surface area contributed by atoms with Crippen LogP contribution in [0, 0.1) is 0 Å². The average Bonchev–Trinajstić information content (AvgIpc) is 2.77. The van der Waals surface area contributed by atoms with Crippen molar-refractivity contribution in [3.05, 3.63) is 95.6 Å². The molecular weight excluding hydrogens is 354 g/mol. The Morgan fingerprint density at radius 2 is 1.39 bits per heavy atom. The first-order valence-corrected chi connectivity index (χ1v) is 8.98. The molecule has 3 rings (SSSR count). The second kappa shape index (κ2) is 10.1. The number of hydrogen-bond donors (Lipinski definition) is 1. The Kier molecular flexibility index (Phi) is 7.04. The van der Waals surface area contributed by atoms with E-state index in [2.05, 4.69) is 5.16 Å². The van der Waals surface area contributed by atoms with Crippen molar-refractivity contribution in [2.24, 2.45) is 5.16 Å². The van der Waals surface area contributed by atoms with E-state index in [0.717, 1.165) is 33.9 Å². The molecule has 0 saturated carbocycles. The topological polar surface area (TPSA) is 60.3 Å². The molecule has 0 aliphatic heterocycles. The maximum Gasteiger partial charge on any atom is 0.134 e. The van der Waals surface area contributed by atoms with Crippen LogP contribution in [0.15, 0.2) is 84.0 Å². The standard InChI is InChI=1S/C23H23NO4/c1-26-24-23(20-5-3-2-4-6-20)17-28-22-13-9-19(10-14-22)16-27-21-11-7-18(15-25)8-12-21/h2-14,25H,15-17H2,1H3. The van der Waals surface area contributed by atoms with Gasteiger partial charge in [0.2, 0.25) is 0 Å². The Bertz CT molecular complexity index is 875. The molecule has 5 heteroatoms. The molecule has 1 N–H and O–H groups in total. The van der Waals surface area contributed by atoms with Crippen LogP contribution >= 0.6 is 0 Å². The first kappa shape index (κ1) is 19.5. The molecule has 0 atom stereocenters. The number of aliphatic hydroxyl groups excluding tert-OH is 1. The first-order valence-electron chi connectivity index (χ1n) is 8.98. The van der Waals surface area contributed by atoms with Gasteiger partial charge in [-0.1, -0.05) is 59.8 Å². The number of ether oxygens (including phenoxy) is 2. The number of rotatable bonds is 9. The van der Waals surface area contributed by atoms with E-state index in [0.29, 0.717) is 13.2 Å². The lowest BCUT2D eigenvalue weighted by Gasteiger charge is -2.10. The van der Waals surface area contributed by atoms with Crippen molar-refractivity contribution >= 4 is 5.71 Å².